The van der Waals surface area contributed by atoms with Crippen LogP contribution in [-0.2, 0) is 6.42 Å². The van der Waals surface area contributed by atoms with Gasteiger partial charge in [-0.15, -0.1) is 0 Å². The molecule has 4 rings (SSSR count). The van der Waals surface area contributed by atoms with E-state index in [4.69, 9.17) is 21.1 Å². The summed E-state index contributed by atoms with van der Waals surface area (Å²) in [6.07, 6.45) is 9.60. The number of amides is 1. The zero-order valence-electron chi connectivity index (χ0n) is 17.5. The van der Waals surface area contributed by atoms with E-state index in [1.165, 1.54) is 18.4 Å². The monoisotopic (exact) mass is 428 g/mol. The first kappa shape index (κ1) is 21.0. The molecule has 2 fully saturated rings. The number of aromatic nitrogens is 1. The molecule has 1 aromatic carbocycles. The molecule has 1 saturated heterocycles. The van der Waals surface area contributed by atoms with Crippen LogP contribution in [0.2, 0.25) is 5.15 Å². The van der Waals surface area contributed by atoms with Gasteiger partial charge >= 0.3 is 0 Å². The lowest BCUT2D eigenvalue weighted by Crippen LogP contribution is -2.39. The normalized spacial score (nSPS) is 17.9. The van der Waals surface area contributed by atoms with Crippen molar-refractivity contribution >= 4 is 17.5 Å². The van der Waals surface area contributed by atoms with Crippen LogP contribution in [0, 0.1) is 5.92 Å². The Hall–Kier alpha value is -2.27. The van der Waals surface area contributed by atoms with Crippen molar-refractivity contribution in [3.63, 3.8) is 0 Å². The fourth-order valence-electron chi connectivity index (χ4n) is 4.52. The fourth-order valence-corrected chi connectivity index (χ4v) is 4.72. The quantitative estimate of drug-likeness (QED) is 0.596. The molecular formula is C24H29ClN2O3. The summed E-state index contributed by atoms with van der Waals surface area (Å²) in [6.45, 7) is 1.49. The van der Waals surface area contributed by atoms with Gasteiger partial charge in [0.25, 0.3) is 5.91 Å². The first-order valence-electron chi connectivity index (χ1n) is 10.9. The highest BCUT2D eigenvalue weighted by molar-refractivity contribution is 6.32. The van der Waals surface area contributed by atoms with Gasteiger partial charge in [-0.2, -0.15) is 0 Å². The lowest BCUT2D eigenvalue weighted by atomic mass is 9.90. The maximum atomic E-state index is 12.7. The third kappa shape index (κ3) is 4.89. The summed E-state index contributed by atoms with van der Waals surface area (Å²) in [7, 11) is 1.69. The Balaban J connectivity index is 1.35. The highest BCUT2D eigenvalue weighted by Gasteiger charge is 2.26. The number of hydrogen-bond donors (Lipinski definition) is 0. The predicted octanol–water partition coefficient (Wildman–Crippen LogP) is 5.16. The third-order valence-electron chi connectivity index (χ3n) is 6.24. The van der Waals surface area contributed by atoms with Crippen LogP contribution < -0.4 is 9.47 Å². The summed E-state index contributed by atoms with van der Waals surface area (Å²) in [5.41, 5.74) is 1.75. The van der Waals surface area contributed by atoms with Gasteiger partial charge in [0, 0.05) is 19.3 Å². The molecule has 6 heteroatoms. The highest BCUT2D eigenvalue weighted by atomic mass is 35.5. The summed E-state index contributed by atoms with van der Waals surface area (Å²) in [5, 5.41) is 0.276. The van der Waals surface area contributed by atoms with Crippen molar-refractivity contribution in [2.45, 2.75) is 51.0 Å². The van der Waals surface area contributed by atoms with Crippen molar-refractivity contribution in [3.05, 3.63) is 52.8 Å². The Kier molecular flexibility index (Phi) is 6.78. The molecule has 5 nitrogen and oxygen atoms in total. The van der Waals surface area contributed by atoms with Crippen molar-refractivity contribution in [3.8, 4) is 11.5 Å². The van der Waals surface area contributed by atoms with Crippen LogP contribution in [0.15, 0.2) is 36.5 Å². The zero-order chi connectivity index (χ0) is 20.9. The van der Waals surface area contributed by atoms with Crippen LogP contribution in [0.4, 0.5) is 0 Å². The number of nitrogens with zero attached hydrogens (tertiary/aromatic N) is 2. The largest absolute Gasteiger partial charge is 0.493 e. The van der Waals surface area contributed by atoms with E-state index < -0.39 is 0 Å². The maximum absolute atomic E-state index is 12.7. The molecule has 30 heavy (non-hydrogen) atoms. The second-order valence-corrected chi connectivity index (χ2v) is 8.65. The molecule has 2 aliphatic rings. The molecule has 1 saturated carbocycles. The molecule has 0 radical (unpaired) electrons. The van der Waals surface area contributed by atoms with E-state index in [-0.39, 0.29) is 11.1 Å². The van der Waals surface area contributed by atoms with Crippen molar-refractivity contribution in [1.29, 1.82) is 0 Å². The van der Waals surface area contributed by atoms with E-state index in [9.17, 15) is 4.79 Å². The number of pyridine rings is 1. The minimum Gasteiger partial charge on any atom is -0.493 e. The van der Waals surface area contributed by atoms with Crippen LogP contribution in [-0.4, -0.2) is 42.1 Å². The van der Waals surface area contributed by atoms with Gasteiger partial charge in [0.2, 0.25) is 0 Å². The summed E-state index contributed by atoms with van der Waals surface area (Å²) in [4.78, 5) is 18.6. The molecule has 0 atom stereocenters. The number of piperidine rings is 1. The zero-order valence-corrected chi connectivity index (χ0v) is 18.2. The Morgan fingerprint density at radius 1 is 1.13 bits per heavy atom. The molecule has 0 spiro atoms. The number of hydrogen-bond acceptors (Lipinski definition) is 4. The molecule has 2 heterocycles. The Bertz CT molecular complexity index is 875. The smallest absolute Gasteiger partial charge is 0.256 e. The van der Waals surface area contributed by atoms with Crippen LogP contribution in [0.3, 0.4) is 0 Å². The van der Waals surface area contributed by atoms with Gasteiger partial charge in [-0.25, -0.2) is 4.98 Å². The van der Waals surface area contributed by atoms with Gasteiger partial charge in [0.05, 0.1) is 18.8 Å². The van der Waals surface area contributed by atoms with Crippen LogP contribution in [0.5, 0.6) is 11.5 Å². The second-order valence-electron chi connectivity index (χ2n) is 8.29. The topological polar surface area (TPSA) is 51.7 Å². The molecule has 1 amide bonds. The van der Waals surface area contributed by atoms with Crippen molar-refractivity contribution in [2.24, 2.45) is 5.92 Å². The average molecular weight is 429 g/mol. The number of ether oxygens (including phenoxy) is 2. The summed E-state index contributed by atoms with van der Waals surface area (Å²) >= 11 is 6.09. The number of likely N-dealkylation sites (tertiary alicyclic amines) is 1. The fraction of sp³-hybridized carbons (Fsp3) is 0.500. The van der Waals surface area contributed by atoms with Gasteiger partial charge in [0.15, 0.2) is 11.5 Å². The van der Waals surface area contributed by atoms with Gasteiger partial charge in [-0.05, 0) is 80.7 Å². The minimum atomic E-state index is -0.0248. The van der Waals surface area contributed by atoms with E-state index in [0.717, 1.165) is 56.7 Å². The van der Waals surface area contributed by atoms with Crippen molar-refractivity contribution in [2.75, 3.05) is 20.2 Å². The average Bonchev–Trinajstić information content (AvgIpc) is 3.27. The molecule has 1 aliphatic heterocycles. The molecule has 2 aromatic rings. The Morgan fingerprint density at radius 2 is 1.90 bits per heavy atom. The summed E-state index contributed by atoms with van der Waals surface area (Å²) in [5.74, 6) is 2.19. The lowest BCUT2D eigenvalue weighted by molar-refractivity contribution is 0.0690. The van der Waals surface area contributed by atoms with E-state index >= 15 is 0 Å². The molecule has 0 unspecified atom stereocenters. The molecule has 160 valence electrons. The molecule has 0 N–H and O–H groups in total. The lowest BCUT2D eigenvalue weighted by Gasteiger charge is -2.32. The van der Waals surface area contributed by atoms with E-state index in [0.29, 0.717) is 17.6 Å². The summed E-state index contributed by atoms with van der Waals surface area (Å²) in [6, 6.07) is 9.79. The second kappa shape index (κ2) is 9.69. The highest BCUT2D eigenvalue weighted by Crippen LogP contribution is 2.34. The number of rotatable bonds is 6. The number of carbonyl (C=O) groups is 1. The van der Waals surface area contributed by atoms with E-state index in [1.54, 1.807) is 25.4 Å². The number of halogens is 1. The van der Waals surface area contributed by atoms with Gasteiger partial charge in [-0.1, -0.05) is 17.7 Å². The van der Waals surface area contributed by atoms with Crippen molar-refractivity contribution < 1.29 is 14.3 Å². The Morgan fingerprint density at radius 3 is 2.60 bits per heavy atom. The molecular weight excluding hydrogens is 400 g/mol. The molecule has 0 bridgehead atoms. The Labute approximate surface area is 183 Å². The van der Waals surface area contributed by atoms with Gasteiger partial charge < -0.3 is 14.4 Å². The maximum Gasteiger partial charge on any atom is 0.256 e. The minimum absolute atomic E-state index is 0.0248. The van der Waals surface area contributed by atoms with Gasteiger partial charge in [0.1, 0.15) is 5.15 Å². The third-order valence-corrected chi connectivity index (χ3v) is 6.54. The SMILES string of the molecule is COc1ccc(CC2CCN(C(=O)c3cccnc3Cl)CC2)cc1OC1CCCC1. The number of benzene rings is 1. The first-order chi connectivity index (χ1) is 14.6. The predicted molar refractivity (Wildman–Crippen MR) is 117 cm³/mol. The van der Waals surface area contributed by atoms with E-state index in [2.05, 4.69) is 17.1 Å². The standard InChI is InChI=1S/C24H29ClN2O3/c1-29-21-9-8-18(16-22(21)30-19-5-2-3-6-19)15-17-10-13-27(14-11-17)24(28)20-7-4-12-26-23(20)25/h4,7-9,12,16-17,19H,2-3,5-6,10-11,13-15H2,1H3. The van der Waals surface area contributed by atoms with Gasteiger partial charge in [-0.3, -0.25) is 4.79 Å². The van der Waals surface area contributed by atoms with Crippen LogP contribution in [0.1, 0.15) is 54.4 Å². The van der Waals surface area contributed by atoms with Crippen LogP contribution >= 0.6 is 11.6 Å². The molecule has 1 aromatic heterocycles. The molecule has 1 aliphatic carbocycles. The van der Waals surface area contributed by atoms with Crippen molar-refractivity contribution in [1.82, 2.24) is 9.88 Å². The number of methoxy groups -OCH3 is 1. The number of carbonyl (C=O) groups excluding carboxylic acids is 1. The van der Waals surface area contributed by atoms with Crippen LogP contribution in [0.25, 0.3) is 0 Å². The van der Waals surface area contributed by atoms with E-state index in [1.807, 2.05) is 11.0 Å². The summed E-state index contributed by atoms with van der Waals surface area (Å²) < 4.78 is 11.7. The first-order valence-corrected chi connectivity index (χ1v) is 11.2.